The molecule has 0 saturated heterocycles. The van der Waals surface area contributed by atoms with Crippen molar-refractivity contribution in [3.8, 4) is 11.5 Å². The van der Waals surface area contributed by atoms with E-state index in [1.165, 1.54) is 0 Å². The molecule has 1 aliphatic rings. The lowest BCUT2D eigenvalue weighted by Crippen LogP contribution is -2.38. The van der Waals surface area contributed by atoms with Crippen LogP contribution >= 0.6 is 0 Å². The van der Waals surface area contributed by atoms with E-state index < -0.39 is 6.10 Å². The summed E-state index contributed by atoms with van der Waals surface area (Å²) in [4.78, 5) is 0. The van der Waals surface area contributed by atoms with Crippen molar-refractivity contribution >= 4 is 0 Å². The van der Waals surface area contributed by atoms with Crippen LogP contribution in [0, 0.1) is 0 Å². The van der Waals surface area contributed by atoms with Crippen LogP contribution in [-0.4, -0.2) is 30.4 Å². The van der Waals surface area contributed by atoms with E-state index in [0.29, 0.717) is 19.3 Å². The largest absolute Gasteiger partial charge is 0.486 e. The molecule has 1 aromatic rings. The molecule has 0 radical (unpaired) electrons. The maximum Gasteiger partial charge on any atom is 0.161 e. The minimum Gasteiger partial charge on any atom is -0.486 e. The molecule has 2 N–H and O–H groups in total. The molecule has 0 spiro atoms. The number of aliphatic hydroxyl groups excluding tert-OH is 1. The highest BCUT2D eigenvalue weighted by Gasteiger charge is 2.20. The van der Waals surface area contributed by atoms with Gasteiger partial charge >= 0.3 is 0 Å². The van der Waals surface area contributed by atoms with Gasteiger partial charge in [-0.05, 0) is 38.0 Å². The van der Waals surface area contributed by atoms with Crippen molar-refractivity contribution in [3.63, 3.8) is 0 Å². The summed E-state index contributed by atoms with van der Waals surface area (Å²) in [6.07, 6.45) is 0.489. The van der Waals surface area contributed by atoms with Crippen LogP contribution in [0.5, 0.6) is 11.5 Å². The van der Waals surface area contributed by atoms with Crippen LogP contribution < -0.4 is 14.8 Å². The third-order valence-corrected chi connectivity index (χ3v) is 3.54. The zero-order valence-electron chi connectivity index (χ0n) is 11.8. The summed E-state index contributed by atoms with van der Waals surface area (Å²) < 4.78 is 11.0. The minimum atomic E-state index is -0.551. The van der Waals surface area contributed by atoms with Crippen molar-refractivity contribution < 1.29 is 14.6 Å². The van der Waals surface area contributed by atoms with Crippen LogP contribution in [0.15, 0.2) is 18.2 Å². The third-order valence-electron chi connectivity index (χ3n) is 3.54. The summed E-state index contributed by atoms with van der Waals surface area (Å²) in [5.74, 6) is 1.48. The van der Waals surface area contributed by atoms with E-state index in [9.17, 15) is 5.11 Å². The van der Waals surface area contributed by atoms with E-state index >= 15 is 0 Å². The molecular weight excluding hydrogens is 242 g/mol. The average molecular weight is 265 g/mol. The first-order valence-corrected chi connectivity index (χ1v) is 6.95. The van der Waals surface area contributed by atoms with Crippen LogP contribution in [0.2, 0.25) is 0 Å². The van der Waals surface area contributed by atoms with Crippen molar-refractivity contribution in [1.82, 2.24) is 5.32 Å². The summed E-state index contributed by atoms with van der Waals surface area (Å²) in [6, 6.07) is 6.02. The lowest BCUT2D eigenvalue weighted by molar-refractivity contribution is 0.128. The first kappa shape index (κ1) is 14.2. The van der Waals surface area contributed by atoms with Gasteiger partial charge in [-0.25, -0.2) is 0 Å². The predicted molar refractivity (Wildman–Crippen MR) is 74.7 cm³/mol. The lowest BCUT2D eigenvalue weighted by atomic mass is 10.0. The number of hydrogen-bond donors (Lipinski definition) is 2. The molecule has 0 bridgehead atoms. The van der Waals surface area contributed by atoms with Crippen molar-refractivity contribution in [1.29, 1.82) is 0 Å². The van der Waals surface area contributed by atoms with Crippen molar-refractivity contribution in [2.24, 2.45) is 0 Å². The Kier molecular flexibility index (Phi) is 4.66. The first-order chi connectivity index (χ1) is 9.11. The molecule has 0 saturated carbocycles. The molecule has 4 nitrogen and oxygen atoms in total. The van der Waals surface area contributed by atoms with E-state index in [0.717, 1.165) is 23.5 Å². The SMILES string of the molecule is CCC(C)NC(C)C(O)c1ccc2c(c1)OCCO2. The monoisotopic (exact) mass is 265 g/mol. The molecule has 4 heteroatoms. The fraction of sp³-hybridized carbons (Fsp3) is 0.600. The van der Waals surface area contributed by atoms with E-state index in [2.05, 4.69) is 19.2 Å². The van der Waals surface area contributed by atoms with Crippen molar-refractivity contribution in [3.05, 3.63) is 23.8 Å². The summed E-state index contributed by atoms with van der Waals surface area (Å²) in [6.45, 7) is 7.38. The number of hydrogen-bond acceptors (Lipinski definition) is 4. The maximum absolute atomic E-state index is 10.4. The number of nitrogens with one attached hydrogen (secondary N) is 1. The number of aliphatic hydroxyl groups is 1. The zero-order chi connectivity index (χ0) is 13.8. The van der Waals surface area contributed by atoms with Gasteiger partial charge in [0.25, 0.3) is 0 Å². The van der Waals surface area contributed by atoms with E-state index in [-0.39, 0.29) is 6.04 Å². The summed E-state index contributed by atoms with van der Waals surface area (Å²) >= 11 is 0. The molecule has 0 amide bonds. The molecule has 1 aromatic carbocycles. The number of ether oxygens (including phenoxy) is 2. The van der Waals surface area contributed by atoms with Gasteiger partial charge in [0.15, 0.2) is 11.5 Å². The summed E-state index contributed by atoms with van der Waals surface area (Å²) in [5, 5.41) is 13.8. The minimum absolute atomic E-state index is 0.00231. The van der Waals surface area contributed by atoms with Crippen LogP contribution in [0.25, 0.3) is 0 Å². The van der Waals surface area contributed by atoms with Gasteiger partial charge in [-0.2, -0.15) is 0 Å². The predicted octanol–water partition coefficient (Wildman–Crippen LogP) is 2.27. The molecule has 3 unspecified atom stereocenters. The molecular formula is C15H23NO3. The Morgan fingerprint density at radius 1 is 1.21 bits per heavy atom. The topological polar surface area (TPSA) is 50.7 Å². The Labute approximate surface area is 114 Å². The van der Waals surface area contributed by atoms with Crippen LogP contribution in [0.1, 0.15) is 38.9 Å². The Balaban J connectivity index is 2.08. The fourth-order valence-electron chi connectivity index (χ4n) is 2.19. The Bertz CT molecular complexity index is 422. The van der Waals surface area contributed by atoms with Crippen molar-refractivity contribution in [2.75, 3.05) is 13.2 Å². The summed E-state index contributed by atoms with van der Waals surface area (Å²) in [7, 11) is 0. The highest BCUT2D eigenvalue weighted by Crippen LogP contribution is 2.33. The maximum atomic E-state index is 10.4. The average Bonchev–Trinajstić information content (AvgIpc) is 2.45. The van der Waals surface area contributed by atoms with Gasteiger partial charge in [0.05, 0.1) is 6.10 Å². The molecule has 1 aliphatic heterocycles. The third kappa shape index (κ3) is 3.39. The quantitative estimate of drug-likeness (QED) is 0.857. The zero-order valence-corrected chi connectivity index (χ0v) is 11.8. The molecule has 0 aliphatic carbocycles. The van der Waals surface area contributed by atoms with Crippen LogP contribution in [0.3, 0.4) is 0 Å². The van der Waals surface area contributed by atoms with Crippen molar-refractivity contribution in [2.45, 2.75) is 45.4 Å². The summed E-state index contributed by atoms with van der Waals surface area (Å²) in [5.41, 5.74) is 0.854. The molecule has 0 fully saturated rings. The normalized spacial score (nSPS) is 18.7. The highest BCUT2D eigenvalue weighted by molar-refractivity contribution is 5.44. The van der Waals surface area contributed by atoms with E-state index in [1.54, 1.807) is 0 Å². The molecule has 0 aromatic heterocycles. The lowest BCUT2D eigenvalue weighted by Gasteiger charge is -2.25. The van der Waals surface area contributed by atoms with Gasteiger partial charge in [0.2, 0.25) is 0 Å². The fourth-order valence-corrected chi connectivity index (χ4v) is 2.19. The molecule has 2 rings (SSSR count). The highest BCUT2D eigenvalue weighted by atomic mass is 16.6. The van der Waals surface area contributed by atoms with E-state index in [4.69, 9.17) is 9.47 Å². The molecule has 19 heavy (non-hydrogen) atoms. The Morgan fingerprint density at radius 3 is 2.58 bits per heavy atom. The number of rotatable bonds is 5. The van der Waals surface area contributed by atoms with E-state index in [1.807, 2.05) is 25.1 Å². The Hall–Kier alpha value is -1.26. The second-order valence-corrected chi connectivity index (χ2v) is 5.11. The van der Waals surface area contributed by atoms with Gasteiger partial charge in [0.1, 0.15) is 13.2 Å². The number of fused-ring (bicyclic) bond motifs is 1. The van der Waals surface area contributed by atoms with Gasteiger partial charge in [-0.3, -0.25) is 0 Å². The van der Waals surface area contributed by atoms with Gasteiger partial charge < -0.3 is 19.9 Å². The van der Waals surface area contributed by atoms with Gasteiger partial charge in [-0.1, -0.05) is 13.0 Å². The van der Waals surface area contributed by atoms with Gasteiger partial charge in [-0.15, -0.1) is 0 Å². The smallest absolute Gasteiger partial charge is 0.161 e. The number of benzene rings is 1. The second-order valence-electron chi connectivity index (χ2n) is 5.11. The van der Waals surface area contributed by atoms with Gasteiger partial charge in [0, 0.05) is 12.1 Å². The van der Waals surface area contributed by atoms with Crippen LogP contribution in [-0.2, 0) is 0 Å². The van der Waals surface area contributed by atoms with Crippen LogP contribution in [0.4, 0.5) is 0 Å². The molecule has 106 valence electrons. The first-order valence-electron chi connectivity index (χ1n) is 6.95. The second kappa shape index (κ2) is 6.26. The standard InChI is InChI=1S/C15H23NO3/c1-4-10(2)16-11(3)15(17)12-5-6-13-14(9-12)19-8-7-18-13/h5-6,9-11,15-17H,4,7-8H2,1-3H3. The molecule has 3 atom stereocenters. The Morgan fingerprint density at radius 2 is 1.89 bits per heavy atom. The molecule has 1 heterocycles.